The molecule has 3 N–H and O–H groups in total. The van der Waals surface area contributed by atoms with Crippen molar-refractivity contribution in [3.63, 3.8) is 0 Å². The summed E-state index contributed by atoms with van der Waals surface area (Å²) in [7, 11) is 0. The Labute approximate surface area is 108 Å². The number of nitrogens with two attached hydrogens (primary N) is 1. The molecule has 0 saturated carbocycles. The average molecular weight is 248 g/mol. The Morgan fingerprint density at radius 1 is 1.56 bits per heavy atom. The first kappa shape index (κ1) is 12.9. The van der Waals surface area contributed by atoms with Gasteiger partial charge < -0.3 is 15.8 Å². The molecule has 1 aromatic carbocycles. The Hall–Kier alpha value is -1.55. The van der Waals surface area contributed by atoms with Crippen molar-refractivity contribution in [3.8, 4) is 0 Å². The monoisotopic (exact) mass is 248 g/mol. The minimum atomic E-state index is -0.263. The van der Waals surface area contributed by atoms with E-state index in [4.69, 9.17) is 10.5 Å². The van der Waals surface area contributed by atoms with Crippen LogP contribution in [-0.4, -0.2) is 24.2 Å². The first-order valence-corrected chi connectivity index (χ1v) is 6.27. The summed E-state index contributed by atoms with van der Waals surface area (Å²) in [4.78, 5) is 12.0. The number of carbonyl (C=O) groups excluding carboxylic acids is 1. The molecule has 2 rings (SSSR count). The second-order valence-corrected chi connectivity index (χ2v) is 5.10. The Kier molecular flexibility index (Phi) is 3.57. The number of nitrogens with one attached hydrogen (secondary N) is 1. The SMILES string of the molecule is CC1OCCC1(C)NC(=O)Cc1ccccc1N. The van der Waals surface area contributed by atoms with Gasteiger partial charge in [-0.25, -0.2) is 0 Å². The van der Waals surface area contributed by atoms with Gasteiger partial charge in [-0.15, -0.1) is 0 Å². The first-order chi connectivity index (χ1) is 8.51. The zero-order valence-corrected chi connectivity index (χ0v) is 10.9. The standard InChI is InChI=1S/C14H20N2O2/c1-10-14(2,7-8-18-10)16-13(17)9-11-5-3-4-6-12(11)15/h3-6,10H,7-9,15H2,1-2H3,(H,16,17). The fraction of sp³-hybridized carbons (Fsp3) is 0.500. The zero-order chi connectivity index (χ0) is 13.2. The van der Waals surface area contributed by atoms with Crippen molar-refractivity contribution in [2.45, 2.75) is 38.3 Å². The number of hydrogen-bond acceptors (Lipinski definition) is 3. The number of hydrogen-bond donors (Lipinski definition) is 2. The highest BCUT2D eigenvalue weighted by atomic mass is 16.5. The summed E-state index contributed by atoms with van der Waals surface area (Å²) in [5.41, 5.74) is 7.10. The molecule has 1 heterocycles. The molecular formula is C14H20N2O2. The highest BCUT2D eigenvalue weighted by Crippen LogP contribution is 2.25. The van der Waals surface area contributed by atoms with E-state index in [1.165, 1.54) is 0 Å². The van der Waals surface area contributed by atoms with Crippen LogP contribution in [0.3, 0.4) is 0 Å². The third kappa shape index (κ3) is 2.64. The molecule has 1 amide bonds. The largest absolute Gasteiger partial charge is 0.398 e. The normalized spacial score (nSPS) is 27.1. The quantitative estimate of drug-likeness (QED) is 0.797. The summed E-state index contributed by atoms with van der Waals surface area (Å²) in [5, 5.41) is 3.06. The van der Waals surface area contributed by atoms with Gasteiger partial charge in [0.15, 0.2) is 0 Å². The first-order valence-electron chi connectivity index (χ1n) is 6.27. The van der Waals surface area contributed by atoms with Gasteiger partial charge in [-0.1, -0.05) is 18.2 Å². The lowest BCUT2D eigenvalue weighted by atomic mass is 9.94. The topological polar surface area (TPSA) is 64.3 Å². The molecule has 1 aliphatic rings. The third-order valence-corrected chi connectivity index (χ3v) is 3.72. The van der Waals surface area contributed by atoms with Gasteiger partial charge in [-0.3, -0.25) is 4.79 Å². The number of para-hydroxylation sites is 1. The number of nitrogen functional groups attached to an aromatic ring is 1. The molecule has 0 aliphatic carbocycles. The molecule has 98 valence electrons. The van der Waals surface area contributed by atoms with Crippen LogP contribution in [0.5, 0.6) is 0 Å². The number of amides is 1. The lowest BCUT2D eigenvalue weighted by Gasteiger charge is -2.29. The minimum absolute atomic E-state index is 0.00671. The van der Waals surface area contributed by atoms with E-state index in [0.717, 1.165) is 12.0 Å². The van der Waals surface area contributed by atoms with E-state index in [9.17, 15) is 4.79 Å². The highest BCUT2D eigenvalue weighted by molar-refractivity contribution is 5.81. The molecule has 4 nitrogen and oxygen atoms in total. The Morgan fingerprint density at radius 2 is 2.28 bits per heavy atom. The molecule has 18 heavy (non-hydrogen) atoms. The van der Waals surface area contributed by atoms with Crippen molar-refractivity contribution in [1.82, 2.24) is 5.32 Å². The van der Waals surface area contributed by atoms with Crippen LogP contribution in [0.25, 0.3) is 0 Å². The number of ether oxygens (including phenoxy) is 1. The Balaban J connectivity index is 1.99. The molecule has 0 radical (unpaired) electrons. The summed E-state index contributed by atoms with van der Waals surface area (Å²) < 4.78 is 5.50. The van der Waals surface area contributed by atoms with Crippen LogP contribution in [0.2, 0.25) is 0 Å². The third-order valence-electron chi connectivity index (χ3n) is 3.72. The van der Waals surface area contributed by atoms with E-state index in [1.807, 2.05) is 38.1 Å². The minimum Gasteiger partial charge on any atom is -0.398 e. The summed E-state index contributed by atoms with van der Waals surface area (Å²) >= 11 is 0. The van der Waals surface area contributed by atoms with Crippen LogP contribution in [0.15, 0.2) is 24.3 Å². The Morgan fingerprint density at radius 3 is 2.89 bits per heavy atom. The molecule has 0 aromatic heterocycles. The zero-order valence-electron chi connectivity index (χ0n) is 10.9. The predicted molar refractivity (Wildman–Crippen MR) is 71.1 cm³/mol. The van der Waals surface area contributed by atoms with Gasteiger partial charge in [0.1, 0.15) is 0 Å². The van der Waals surface area contributed by atoms with E-state index in [0.29, 0.717) is 18.7 Å². The van der Waals surface area contributed by atoms with Crippen molar-refractivity contribution in [2.24, 2.45) is 0 Å². The number of carbonyl (C=O) groups is 1. The highest BCUT2D eigenvalue weighted by Gasteiger charge is 2.38. The summed E-state index contributed by atoms with van der Waals surface area (Å²) in [6, 6.07) is 7.45. The maximum Gasteiger partial charge on any atom is 0.225 e. The molecule has 4 heteroatoms. The molecule has 1 fully saturated rings. The van der Waals surface area contributed by atoms with Crippen LogP contribution >= 0.6 is 0 Å². The number of benzene rings is 1. The lowest BCUT2D eigenvalue weighted by Crippen LogP contribution is -2.51. The second kappa shape index (κ2) is 4.98. The maximum absolute atomic E-state index is 12.0. The molecule has 0 bridgehead atoms. The Bertz CT molecular complexity index is 447. The van der Waals surface area contributed by atoms with E-state index < -0.39 is 0 Å². The number of anilines is 1. The maximum atomic E-state index is 12.0. The van der Waals surface area contributed by atoms with E-state index >= 15 is 0 Å². The predicted octanol–water partition coefficient (Wildman–Crippen LogP) is 1.49. The summed E-state index contributed by atoms with van der Waals surface area (Å²) in [6.45, 7) is 4.71. The van der Waals surface area contributed by atoms with E-state index in [1.54, 1.807) is 0 Å². The van der Waals surface area contributed by atoms with E-state index in [2.05, 4.69) is 5.32 Å². The van der Waals surface area contributed by atoms with Gasteiger partial charge in [0.25, 0.3) is 0 Å². The van der Waals surface area contributed by atoms with Crippen LogP contribution in [0, 0.1) is 0 Å². The number of rotatable bonds is 3. The molecular weight excluding hydrogens is 228 g/mol. The van der Waals surface area contributed by atoms with Gasteiger partial charge in [0.05, 0.1) is 18.1 Å². The summed E-state index contributed by atoms with van der Waals surface area (Å²) in [5.74, 6) is -0.00671. The van der Waals surface area contributed by atoms with Gasteiger partial charge >= 0.3 is 0 Å². The van der Waals surface area contributed by atoms with Crippen molar-refractivity contribution >= 4 is 11.6 Å². The van der Waals surface area contributed by atoms with Crippen molar-refractivity contribution in [2.75, 3.05) is 12.3 Å². The van der Waals surface area contributed by atoms with Crippen LogP contribution in [-0.2, 0) is 16.0 Å². The molecule has 1 saturated heterocycles. The van der Waals surface area contributed by atoms with Crippen LogP contribution in [0.4, 0.5) is 5.69 Å². The van der Waals surface area contributed by atoms with Gasteiger partial charge in [0, 0.05) is 12.3 Å². The van der Waals surface area contributed by atoms with Crippen LogP contribution in [0.1, 0.15) is 25.8 Å². The van der Waals surface area contributed by atoms with Crippen molar-refractivity contribution in [1.29, 1.82) is 0 Å². The molecule has 0 spiro atoms. The molecule has 1 aliphatic heterocycles. The van der Waals surface area contributed by atoms with Crippen molar-refractivity contribution in [3.05, 3.63) is 29.8 Å². The smallest absolute Gasteiger partial charge is 0.225 e. The molecule has 1 aromatic rings. The van der Waals surface area contributed by atoms with Gasteiger partial charge in [-0.2, -0.15) is 0 Å². The van der Waals surface area contributed by atoms with Crippen LogP contribution < -0.4 is 11.1 Å². The van der Waals surface area contributed by atoms with Crippen molar-refractivity contribution < 1.29 is 9.53 Å². The van der Waals surface area contributed by atoms with E-state index in [-0.39, 0.29) is 17.6 Å². The van der Waals surface area contributed by atoms with Gasteiger partial charge in [0.2, 0.25) is 5.91 Å². The second-order valence-electron chi connectivity index (χ2n) is 5.10. The average Bonchev–Trinajstić information content (AvgIpc) is 2.62. The fourth-order valence-electron chi connectivity index (χ4n) is 2.23. The fourth-order valence-corrected chi connectivity index (χ4v) is 2.23. The lowest BCUT2D eigenvalue weighted by molar-refractivity contribution is -0.122. The summed E-state index contributed by atoms with van der Waals surface area (Å²) in [6.07, 6.45) is 1.22. The van der Waals surface area contributed by atoms with Gasteiger partial charge in [-0.05, 0) is 31.9 Å². The molecule has 2 unspecified atom stereocenters. The molecule has 2 atom stereocenters.